The number of sulfonamides is 1. The summed E-state index contributed by atoms with van der Waals surface area (Å²) in [5.41, 5.74) is 0.581. The third-order valence-electron chi connectivity index (χ3n) is 2.98. The maximum atomic E-state index is 12.5. The van der Waals surface area contributed by atoms with Crippen molar-refractivity contribution in [1.29, 1.82) is 0 Å². The molecule has 1 aliphatic rings. The van der Waals surface area contributed by atoms with Crippen LogP contribution in [0.4, 0.5) is 0 Å². The van der Waals surface area contributed by atoms with Crippen LogP contribution in [0.3, 0.4) is 0 Å². The normalized spacial score (nSPS) is 17.9. The summed E-state index contributed by atoms with van der Waals surface area (Å²) in [6, 6.07) is 4.63. The van der Waals surface area contributed by atoms with Gasteiger partial charge in [0.05, 0.1) is 11.4 Å². The van der Waals surface area contributed by atoms with E-state index < -0.39 is 10.0 Å². The number of benzene rings is 1. The molecule has 5 nitrogen and oxygen atoms in total. The molecule has 1 aromatic rings. The third kappa shape index (κ3) is 3.08. The standard InChI is InChI=1S/C12H15ClN2O3S/c1-9-7-10(13)3-4-11(9)19(17,18)15-6-2-5-14-12(16)8-15/h3-4,7H,2,5-6,8H2,1H3,(H,14,16). The lowest BCUT2D eigenvalue weighted by atomic mass is 10.2. The average Bonchev–Trinajstić information content (AvgIpc) is 2.53. The van der Waals surface area contributed by atoms with Crippen LogP contribution in [0.1, 0.15) is 12.0 Å². The Balaban J connectivity index is 2.38. The summed E-state index contributed by atoms with van der Waals surface area (Å²) in [6.45, 7) is 2.40. The van der Waals surface area contributed by atoms with Crippen molar-refractivity contribution >= 4 is 27.5 Å². The number of carbonyl (C=O) groups is 1. The number of halogens is 1. The molecule has 0 atom stereocenters. The minimum atomic E-state index is -3.65. The van der Waals surface area contributed by atoms with E-state index in [9.17, 15) is 13.2 Å². The van der Waals surface area contributed by atoms with Gasteiger partial charge in [-0.2, -0.15) is 4.31 Å². The van der Waals surface area contributed by atoms with Gasteiger partial charge in [0.2, 0.25) is 15.9 Å². The number of amides is 1. The fourth-order valence-electron chi connectivity index (χ4n) is 2.02. The predicted molar refractivity (Wildman–Crippen MR) is 72.6 cm³/mol. The van der Waals surface area contributed by atoms with Crippen molar-refractivity contribution in [1.82, 2.24) is 9.62 Å². The van der Waals surface area contributed by atoms with E-state index in [0.29, 0.717) is 30.1 Å². The Hall–Kier alpha value is -1.11. The average molecular weight is 303 g/mol. The van der Waals surface area contributed by atoms with E-state index in [1.165, 1.54) is 10.4 Å². The molecular weight excluding hydrogens is 288 g/mol. The molecule has 1 fully saturated rings. The highest BCUT2D eigenvalue weighted by Crippen LogP contribution is 2.23. The lowest BCUT2D eigenvalue weighted by Crippen LogP contribution is -2.37. The zero-order chi connectivity index (χ0) is 14.0. The Morgan fingerprint density at radius 1 is 1.37 bits per heavy atom. The zero-order valence-corrected chi connectivity index (χ0v) is 12.1. The fraction of sp³-hybridized carbons (Fsp3) is 0.417. The van der Waals surface area contributed by atoms with Gasteiger partial charge < -0.3 is 5.32 Å². The van der Waals surface area contributed by atoms with Gasteiger partial charge in [0.15, 0.2) is 0 Å². The Bertz CT molecular complexity index is 601. The largest absolute Gasteiger partial charge is 0.355 e. The lowest BCUT2D eigenvalue weighted by Gasteiger charge is -2.20. The smallest absolute Gasteiger partial charge is 0.243 e. The molecule has 1 saturated heterocycles. The first-order valence-electron chi connectivity index (χ1n) is 5.94. The fourth-order valence-corrected chi connectivity index (χ4v) is 3.89. The molecule has 0 radical (unpaired) electrons. The number of hydrogen-bond donors (Lipinski definition) is 1. The molecule has 0 bridgehead atoms. The monoisotopic (exact) mass is 302 g/mol. The van der Waals surface area contributed by atoms with Gasteiger partial charge in [0.25, 0.3) is 0 Å². The van der Waals surface area contributed by atoms with Crippen molar-refractivity contribution in [2.75, 3.05) is 19.6 Å². The van der Waals surface area contributed by atoms with E-state index >= 15 is 0 Å². The minimum absolute atomic E-state index is 0.135. The van der Waals surface area contributed by atoms with Crippen LogP contribution in [-0.4, -0.2) is 38.3 Å². The highest BCUT2D eigenvalue weighted by atomic mass is 35.5. The van der Waals surface area contributed by atoms with E-state index in [-0.39, 0.29) is 17.3 Å². The molecule has 0 aliphatic carbocycles. The molecule has 2 rings (SSSR count). The second-order valence-electron chi connectivity index (χ2n) is 4.45. The molecule has 1 aromatic carbocycles. The first-order chi connectivity index (χ1) is 8.91. The van der Waals surface area contributed by atoms with E-state index in [4.69, 9.17) is 11.6 Å². The van der Waals surface area contributed by atoms with Crippen LogP contribution in [0.15, 0.2) is 23.1 Å². The van der Waals surface area contributed by atoms with Gasteiger partial charge in [-0.15, -0.1) is 0 Å². The van der Waals surface area contributed by atoms with E-state index in [2.05, 4.69) is 5.32 Å². The second-order valence-corrected chi connectivity index (χ2v) is 6.79. The van der Waals surface area contributed by atoms with E-state index in [1.807, 2.05) is 0 Å². The van der Waals surface area contributed by atoms with Gasteiger partial charge in [-0.3, -0.25) is 4.79 Å². The maximum absolute atomic E-state index is 12.5. The topological polar surface area (TPSA) is 66.5 Å². The van der Waals surface area contributed by atoms with Gasteiger partial charge >= 0.3 is 0 Å². The molecule has 19 heavy (non-hydrogen) atoms. The molecule has 1 heterocycles. The number of nitrogens with one attached hydrogen (secondary N) is 1. The number of hydrogen-bond acceptors (Lipinski definition) is 3. The molecule has 0 unspecified atom stereocenters. The van der Waals surface area contributed by atoms with Crippen LogP contribution in [0.2, 0.25) is 5.02 Å². The number of nitrogens with zero attached hydrogens (tertiary/aromatic N) is 1. The summed E-state index contributed by atoms with van der Waals surface area (Å²) in [7, 11) is -3.65. The van der Waals surface area contributed by atoms with Gasteiger partial charge in [-0.1, -0.05) is 11.6 Å². The minimum Gasteiger partial charge on any atom is -0.355 e. The van der Waals surface area contributed by atoms with Crippen LogP contribution in [-0.2, 0) is 14.8 Å². The molecule has 104 valence electrons. The van der Waals surface area contributed by atoms with E-state index in [1.54, 1.807) is 19.1 Å². The number of aryl methyl sites for hydroxylation is 1. The molecule has 1 amide bonds. The summed E-state index contributed by atoms with van der Waals surface area (Å²) in [5, 5.41) is 3.15. The van der Waals surface area contributed by atoms with Crippen molar-refractivity contribution in [3.8, 4) is 0 Å². The molecule has 0 aromatic heterocycles. The first kappa shape index (κ1) is 14.3. The first-order valence-corrected chi connectivity index (χ1v) is 7.76. The van der Waals surface area contributed by atoms with Crippen LogP contribution in [0.25, 0.3) is 0 Å². The summed E-state index contributed by atoms with van der Waals surface area (Å²) < 4.78 is 26.3. The van der Waals surface area contributed by atoms with Crippen LogP contribution in [0.5, 0.6) is 0 Å². The van der Waals surface area contributed by atoms with Crippen molar-refractivity contribution in [3.05, 3.63) is 28.8 Å². The Morgan fingerprint density at radius 3 is 2.79 bits per heavy atom. The zero-order valence-electron chi connectivity index (χ0n) is 10.5. The third-order valence-corrected chi connectivity index (χ3v) is 5.22. The summed E-state index contributed by atoms with van der Waals surface area (Å²) >= 11 is 5.83. The SMILES string of the molecule is Cc1cc(Cl)ccc1S(=O)(=O)N1CCCNC(=O)C1. The van der Waals surface area contributed by atoms with Crippen LogP contribution >= 0.6 is 11.6 Å². The molecule has 7 heteroatoms. The number of carbonyl (C=O) groups excluding carboxylic acids is 1. The highest BCUT2D eigenvalue weighted by Gasteiger charge is 2.29. The van der Waals surface area contributed by atoms with Crippen molar-refractivity contribution in [2.24, 2.45) is 0 Å². The van der Waals surface area contributed by atoms with Crippen LogP contribution in [0, 0.1) is 6.92 Å². The summed E-state index contributed by atoms with van der Waals surface area (Å²) in [5.74, 6) is -0.271. The van der Waals surface area contributed by atoms with Crippen LogP contribution < -0.4 is 5.32 Å². The predicted octanol–water partition coefficient (Wildman–Crippen LogP) is 1.16. The Morgan fingerprint density at radius 2 is 2.11 bits per heavy atom. The second kappa shape index (κ2) is 5.48. The number of rotatable bonds is 2. The molecular formula is C12H15ClN2O3S. The molecule has 1 aliphatic heterocycles. The van der Waals surface area contributed by atoms with Gasteiger partial charge in [-0.05, 0) is 37.1 Å². The molecule has 0 saturated carbocycles. The highest BCUT2D eigenvalue weighted by molar-refractivity contribution is 7.89. The molecule has 0 spiro atoms. The maximum Gasteiger partial charge on any atom is 0.243 e. The van der Waals surface area contributed by atoms with Crippen molar-refractivity contribution < 1.29 is 13.2 Å². The molecule has 1 N–H and O–H groups in total. The quantitative estimate of drug-likeness (QED) is 0.891. The Labute approximate surface area is 117 Å². The van der Waals surface area contributed by atoms with E-state index in [0.717, 1.165) is 0 Å². The lowest BCUT2D eigenvalue weighted by molar-refractivity contribution is -0.120. The Kier molecular flexibility index (Phi) is 4.13. The summed E-state index contributed by atoms with van der Waals surface area (Å²) in [4.78, 5) is 11.7. The van der Waals surface area contributed by atoms with Crippen molar-refractivity contribution in [3.63, 3.8) is 0 Å². The summed E-state index contributed by atoms with van der Waals surface area (Å²) in [6.07, 6.45) is 0.609. The van der Waals surface area contributed by atoms with Gasteiger partial charge in [0, 0.05) is 18.1 Å². The van der Waals surface area contributed by atoms with Gasteiger partial charge in [0.1, 0.15) is 0 Å². The van der Waals surface area contributed by atoms with Gasteiger partial charge in [-0.25, -0.2) is 8.42 Å². The van der Waals surface area contributed by atoms with Crippen molar-refractivity contribution in [2.45, 2.75) is 18.2 Å².